The number of guanidine groups is 1. The monoisotopic (exact) mass is 557 g/mol. The fourth-order valence-corrected chi connectivity index (χ4v) is 4.26. The Morgan fingerprint density at radius 2 is 2.00 bits per heavy atom. The molecule has 0 radical (unpaired) electrons. The third-order valence-corrected chi connectivity index (χ3v) is 5.84. The average molecular weight is 557 g/mol. The van der Waals surface area contributed by atoms with E-state index in [1.165, 1.54) is 19.3 Å². The molecule has 1 aromatic carbocycles. The summed E-state index contributed by atoms with van der Waals surface area (Å²) >= 11 is 0. The first-order valence-electron chi connectivity index (χ1n) is 11.4. The predicted octanol–water partition coefficient (Wildman–Crippen LogP) is 2.41. The summed E-state index contributed by atoms with van der Waals surface area (Å²) in [4.78, 5) is 30.4. The molecule has 0 bridgehead atoms. The van der Waals surface area contributed by atoms with Crippen molar-refractivity contribution in [1.82, 2.24) is 15.5 Å². The summed E-state index contributed by atoms with van der Waals surface area (Å²) in [6.45, 7) is 4.66. The summed E-state index contributed by atoms with van der Waals surface area (Å²) in [6, 6.07) is 7.68. The predicted molar refractivity (Wildman–Crippen MR) is 136 cm³/mol. The Labute approximate surface area is 207 Å². The van der Waals surface area contributed by atoms with Crippen molar-refractivity contribution in [2.24, 2.45) is 16.6 Å². The van der Waals surface area contributed by atoms with Crippen molar-refractivity contribution in [3.8, 4) is 5.75 Å². The number of rotatable bonds is 8. The van der Waals surface area contributed by atoms with Crippen LogP contribution in [0.5, 0.6) is 5.75 Å². The zero-order valence-corrected chi connectivity index (χ0v) is 21.2. The van der Waals surface area contributed by atoms with Crippen LogP contribution in [0.4, 0.5) is 0 Å². The van der Waals surface area contributed by atoms with Crippen molar-refractivity contribution in [1.29, 1.82) is 0 Å². The molecule has 1 aliphatic heterocycles. The van der Waals surface area contributed by atoms with Crippen LogP contribution in [-0.2, 0) is 16.1 Å². The van der Waals surface area contributed by atoms with Gasteiger partial charge >= 0.3 is 0 Å². The number of hydrogen-bond acceptors (Lipinski definition) is 4. The molecule has 1 aromatic rings. The summed E-state index contributed by atoms with van der Waals surface area (Å²) < 4.78 is 5.36. The van der Waals surface area contributed by atoms with Gasteiger partial charge in [-0.15, -0.1) is 24.0 Å². The highest BCUT2D eigenvalue weighted by molar-refractivity contribution is 14.0. The molecule has 1 saturated carbocycles. The lowest BCUT2D eigenvalue weighted by Gasteiger charge is -2.26. The SMILES string of the molecule is CCNC(=NCc1cccc(OCC(N)=O)c1)NC1CCN(C(=O)C2CCCCC2)C1.I. The van der Waals surface area contributed by atoms with Crippen LogP contribution in [0.1, 0.15) is 51.0 Å². The molecule has 2 amide bonds. The van der Waals surface area contributed by atoms with Crippen molar-refractivity contribution in [2.45, 2.75) is 58.0 Å². The molecule has 32 heavy (non-hydrogen) atoms. The highest BCUT2D eigenvalue weighted by Gasteiger charge is 2.31. The van der Waals surface area contributed by atoms with E-state index in [1.54, 1.807) is 6.07 Å². The lowest BCUT2D eigenvalue weighted by Crippen LogP contribution is -2.45. The van der Waals surface area contributed by atoms with Gasteiger partial charge in [0.25, 0.3) is 5.91 Å². The van der Waals surface area contributed by atoms with Gasteiger partial charge in [0.1, 0.15) is 5.75 Å². The van der Waals surface area contributed by atoms with Crippen molar-refractivity contribution in [2.75, 3.05) is 26.2 Å². The van der Waals surface area contributed by atoms with Gasteiger partial charge in [-0.05, 0) is 43.9 Å². The molecule has 1 heterocycles. The van der Waals surface area contributed by atoms with Gasteiger partial charge in [0.15, 0.2) is 12.6 Å². The number of carbonyl (C=O) groups is 2. The lowest BCUT2D eigenvalue weighted by atomic mass is 9.88. The van der Waals surface area contributed by atoms with Crippen LogP contribution in [-0.4, -0.2) is 55.0 Å². The number of amides is 2. The average Bonchev–Trinajstić information content (AvgIpc) is 3.25. The number of likely N-dealkylation sites (tertiary alicyclic amines) is 1. The van der Waals surface area contributed by atoms with E-state index in [0.717, 1.165) is 50.4 Å². The maximum atomic E-state index is 12.8. The van der Waals surface area contributed by atoms with Crippen LogP contribution in [0, 0.1) is 5.92 Å². The molecule has 4 N–H and O–H groups in total. The third kappa shape index (κ3) is 8.14. The Hall–Kier alpha value is -2.04. The van der Waals surface area contributed by atoms with E-state index >= 15 is 0 Å². The Morgan fingerprint density at radius 1 is 1.22 bits per heavy atom. The molecule has 1 unspecified atom stereocenters. The van der Waals surface area contributed by atoms with E-state index in [1.807, 2.05) is 30.0 Å². The molecule has 0 spiro atoms. The standard InChI is InChI=1S/C23H35N5O3.HI/c1-2-25-23(26-14-17-7-6-10-20(13-17)31-16-21(24)29)27-19-11-12-28(15-19)22(30)18-8-4-3-5-9-18;/h6-7,10,13,18-19H,2-5,8-9,11-12,14-16H2,1H3,(H2,24,29)(H2,25,26,27);1H. The van der Waals surface area contributed by atoms with Crippen LogP contribution >= 0.6 is 24.0 Å². The number of ether oxygens (including phenoxy) is 1. The number of benzene rings is 1. The second-order valence-corrected chi connectivity index (χ2v) is 8.35. The Balaban J connectivity index is 0.00000363. The fraction of sp³-hybridized carbons (Fsp3) is 0.609. The van der Waals surface area contributed by atoms with Crippen LogP contribution in [0.2, 0.25) is 0 Å². The quantitative estimate of drug-likeness (QED) is 0.259. The van der Waals surface area contributed by atoms with Crippen molar-refractivity contribution < 1.29 is 14.3 Å². The lowest BCUT2D eigenvalue weighted by molar-refractivity contribution is -0.135. The first-order chi connectivity index (χ1) is 15.0. The minimum atomic E-state index is -0.505. The minimum Gasteiger partial charge on any atom is -0.484 e. The molecule has 1 atom stereocenters. The number of nitrogens with two attached hydrogens (primary N) is 1. The number of halogens is 1. The number of carbonyl (C=O) groups excluding carboxylic acids is 2. The van der Waals surface area contributed by atoms with E-state index in [9.17, 15) is 9.59 Å². The summed E-state index contributed by atoms with van der Waals surface area (Å²) in [6.07, 6.45) is 6.63. The summed E-state index contributed by atoms with van der Waals surface area (Å²) in [7, 11) is 0. The third-order valence-electron chi connectivity index (χ3n) is 5.84. The highest BCUT2D eigenvalue weighted by atomic mass is 127. The number of hydrogen-bond donors (Lipinski definition) is 3. The second kappa shape index (κ2) is 13.5. The highest BCUT2D eigenvalue weighted by Crippen LogP contribution is 2.26. The molecule has 2 fully saturated rings. The molecule has 3 rings (SSSR count). The maximum absolute atomic E-state index is 12.8. The van der Waals surface area contributed by atoms with Gasteiger partial charge in [0.2, 0.25) is 5.91 Å². The summed E-state index contributed by atoms with van der Waals surface area (Å²) in [5, 5.41) is 6.77. The van der Waals surface area contributed by atoms with Gasteiger partial charge in [0.05, 0.1) is 6.54 Å². The first-order valence-corrected chi connectivity index (χ1v) is 11.4. The molecule has 178 valence electrons. The van der Waals surface area contributed by atoms with Crippen LogP contribution in [0.25, 0.3) is 0 Å². The molecule has 9 heteroatoms. The topological polar surface area (TPSA) is 109 Å². The number of aliphatic imine (C=N–C) groups is 1. The molecular weight excluding hydrogens is 521 g/mol. The van der Waals surface area contributed by atoms with Gasteiger partial charge < -0.3 is 26.0 Å². The van der Waals surface area contributed by atoms with Gasteiger partial charge in [-0.1, -0.05) is 31.4 Å². The second-order valence-electron chi connectivity index (χ2n) is 8.35. The fourth-order valence-electron chi connectivity index (χ4n) is 4.26. The normalized spacial score (nSPS) is 19.2. The Bertz CT molecular complexity index is 783. The largest absolute Gasteiger partial charge is 0.484 e. The van der Waals surface area contributed by atoms with E-state index in [-0.39, 0.29) is 42.5 Å². The van der Waals surface area contributed by atoms with Crippen molar-refractivity contribution in [3.05, 3.63) is 29.8 Å². The zero-order chi connectivity index (χ0) is 22.1. The van der Waals surface area contributed by atoms with E-state index < -0.39 is 5.91 Å². The summed E-state index contributed by atoms with van der Waals surface area (Å²) in [5.41, 5.74) is 6.10. The Kier molecular flexibility index (Phi) is 11.1. The van der Waals surface area contributed by atoms with Gasteiger partial charge in [-0.25, -0.2) is 4.99 Å². The van der Waals surface area contributed by atoms with Gasteiger partial charge in [0, 0.05) is 31.6 Å². The molecule has 0 aromatic heterocycles. The zero-order valence-electron chi connectivity index (χ0n) is 18.8. The molecule has 1 aliphatic carbocycles. The number of nitrogens with zero attached hydrogens (tertiary/aromatic N) is 2. The molecule has 1 saturated heterocycles. The van der Waals surface area contributed by atoms with E-state index in [2.05, 4.69) is 15.6 Å². The first kappa shape index (κ1) is 26.2. The minimum absolute atomic E-state index is 0. The van der Waals surface area contributed by atoms with E-state index in [4.69, 9.17) is 10.5 Å². The number of nitrogens with one attached hydrogen (secondary N) is 2. The van der Waals surface area contributed by atoms with E-state index in [0.29, 0.717) is 18.2 Å². The van der Waals surface area contributed by atoms with Gasteiger partial charge in [-0.3, -0.25) is 9.59 Å². The smallest absolute Gasteiger partial charge is 0.255 e. The van der Waals surface area contributed by atoms with Crippen LogP contribution in [0.3, 0.4) is 0 Å². The van der Waals surface area contributed by atoms with Crippen molar-refractivity contribution in [3.63, 3.8) is 0 Å². The number of primary amides is 1. The molecule has 8 nitrogen and oxygen atoms in total. The maximum Gasteiger partial charge on any atom is 0.255 e. The summed E-state index contributed by atoms with van der Waals surface area (Å²) in [5.74, 6) is 1.38. The molecular formula is C23H36IN5O3. The van der Waals surface area contributed by atoms with Gasteiger partial charge in [-0.2, -0.15) is 0 Å². The molecule has 2 aliphatic rings. The van der Waals surface area contributed by atoms with Crippen molar-refractivity contribution >= 4 is 41.8 Å². The Morgan fingerprint density at radius 3 is 2.72 bits per heavy atom. The van der Waals surface area contributed by atoms with Crippen LogP contribution in [0.15, 0.2) is 29.3 Å². The van der Waals surface area contributed by atoms with Crippen LogP contribution < -0.4 is 21.1 Å².